The van der Waals surface area contributed by atoms with Crippen molar-refractivity contribution in [3.8, 4) is 0 Å². The number of amides is 1. The van der Waals surface area contributed by atoms with Gasteiger partial charge < -0.3 is 73.9 Å². The minimum absolute atomic E-state index is 0.0757. The van der Waals surface area contributed by atoms with Crippen LogP contribution in [0.5, 0.6) is 0 Å². The fourth-order valence-corrected chi connectivity index (χ4v) is 6.24. The second-order valence-corrected chi connectivity index (χ2v) is 11.8. The van der Waals surface area contributed by atoms with Gasteiger partial charge in [-0.05, 0) is 38.8 Å². The summed E-state index contributed by atoms with van der Waals surface area (Å²) in [7, 11) is 0. The van der Waals surface area contributed by atoms with Crippen LogP contribution in [0.15, 0.2) is 0 Å². The van der Waals surface area contributed by atoms with E-state index >= 15 is 0 Å². The van der Waals surface area contributed by atoms with Gasteiger partial charge in [-0.3, -0.25) is 4.79 Å². The summed E-state index contributed by atoms with van der Waals surface area (Å²) in [5.41, 5.74) is 29.7. The highest BCUT2D eigenvalue weighted by molar-refractivity contribution is 5.81. The Balaban J connectivity index is 1.91. The van der Waals surface area contributed by atoms with Crippen molar-refractivity contribution in [1.82, 2.24) is 10.6 Å². The summed E-state index contributed by atoms with van der Waals surface area (Å²) in [6.45, 7) is 2.00. The molecule has 42 heavy (non-hydrogen) atoms. The van der Waals surface area contributed by atoms with Crippen LogP contribution in [0, 0.1) is 11.8 Å². The van der Waals surface area contributed by atoms with Gasteiger partial charge in [-0.15, -0.1) is 0 Å². The molecule has 1 aliphatic carbocycles. The molecule has 2 aliphatic heterocycles. The molecule has 246 valence electrons. The van der Waals surface area contributed by atoms with E-state index in [1.807, 2.05) is 0 Å². The lowest BCUT2D eigenvalue weighted by Crippen LogP contribution is -2.69. The van der Waals surface area contributed by atoms with Crippen LogP contribution in [-0.4, -0.2) is 138 Å². The number of alkyl halides is 1. The number of nitrogens with one attached hydrogen (secondary N) is 2. The Morgan fingerprint density at radius 3 is 2.45 bits per heavy atom. The maximum atomic E-state index is 14.0. The molecule has 2 heterocycles. The molecule has 2 saturated heterocycles. The summed E-state index contributed by atoms with van der Waals surface area (Å²) in [5.74, 6) is -2.32. The van der Waals surface area contributed by atoms with Crippen LogP contribution >= 0.6 is 0 Å². The molecule has 3 fully saturated rings. The van der Waals surface area contributed by atoms with Crippen LogP contribution in [0.4, 0.5) is 4.39 Å². The Morgan fingerprint density at radius 1 is 1.12 bits per heavy atom. The van der Waals surface area contributed by atoms with Gasteiger partial charge in [-0.25, -0.2) is 4.39 Å². The van der Waals surface area contributed by atoms with Gasteiger partial charge in [0.15, 0.2) is 12.4 Å². The second kappa shape index (κ2) is 16.3. The van der Waals surface area contributed by atoms with Crippen molar-refractivity contribution in [3.05, 3.63) is 0 Å². The first-order chi connectivity index (χ1) is 20.0. The molecular formula is C26H52FN7O8. The Kier molecular flexibility index (Phi) is 13.7. The molecule has 3 aliphatic rings. The third-order valence-electron chi connectivity index (χ3n) is 8.88. The van der Waals surface area contributed by atoms with Crippen LogP contribution in [0.2, 0.25) is 0 Å². The smallest absolute Gasteiger partial charge is 0.252 e. The number of nitrogens with two attached hydrogens (primary N) is 5. The van der Waals surface area contributed by atoms with Crippen LogP contribution in [-0.2, 0) is 19.0 Å². The molecular weight excluding hydrogens is 557 g/mol. The predicted octanol–water partition coefficient (Wildman–Crippen LogP) is -4.92. The Hall–Kier alpha value is -1.12. The lowest BCUT2D eigenvalue weighted by molar-refractivity contribution is -0.292. The third-order valence-corrected chi connectivity index (χ3v) is 8.88. The van der Waals surface area contributed by atoms with E-state index in [9.17, 15) is 29.6 Å². The van der Waals surface area contributed by atoms with E-state index < -0.39 is 98.1 Å². The van der Waals surface area contributed by atoms with Crippen molar-refractivity contribution < 1.29 is 43.8 Å². The molecule has 0 aromatic heterocycles. The number of carbonyl (C=O) groups excluding carboxylic acids is 1. The van der Waals surface area contributed by atoms with E-state index in [1.165, 1.54) is 0 Å². The lowest BCUT2D eigenvalue weighted by Gasteiger charge is -2.51. The van der Waals surface area contributed by atoms with E-state index in [4.69, 9.17) is 42.9 Å². The van der Waals surface area contributed by atoms with Crippen LogP contribution in [0.25, 0.3) is 0 Å². The topological polar surface area (TPSA) is 280 Å². The predicted molar refractivity (Wildman–Crippen MR) is 150 cm³/mol. The first kappa shape index (κ1) is 35.4. The van der Waals surface area contributed by atoms with Gasteiger partial charge in [-0.1, -0.05) is 6.92 Å². The zero-order chi connectivity index (χ0) is 31.1. The van der Waals surface area contributed by atoms with E-state index in [0.717, 1.165) is 12.8 Å². The number of hydrogen-bond acceptors (Lipinski definition) is 14. The molecule has 1 amide bonds. The third kappa shape index (κ3) is 8.12. The van der Waals surface area contributed by atoms with Gasteiger partial charge in [-0.2, -0.15) is 0 Å². The first-order valence-corrected chi connectivity index (χ1v) is 14.9. The number of halogens is 1. The van der Waals surface area contributed by atoms with Gasteiger partial charge in [0.05, 0.1) is 37.1 Å². The largest absolute Gasteiger partial charge is 0.394 e. The van der Waals surface area contributed by atoms with E-state index in [0.29, 0.717) is 19.5 Å². The van der Waals surface area contributed by atoms with Crippen molar-refractivity contribution in [2.45, 2.75) is 112 Å². The quantitative estimate of drug-likeness (QED) is 0.0873. The maximum absolute atomic E-state index is 14.0. The Labute approximate surface area is 245 Å². The minimum atomic E-state index is -2.04. The highest BCUT2D eigenvalue weighted by atomic mass is 19.1. The molecule has 0 aromatic carbocycles. The van der Waals surface area contributed by atoms with E-state index in [1.54, 1.807) is 6.92 Å². The van der Waals surface area contributed by atoms with Crippen LogP contribution < -0.4 is 39.3 Å². The number of ether oxygens (including phenoxy) is 3. The van der Waals surface area contributed by atoms with E-state index in [2.05, 4.69) is 10.6 Å². The second-order valence-electron chi connectivity index (χ2n) is 11.8. The number of rotatable bonds is 13. The lowest BCUT2D eigenvalue weighted by atomic mass is 9.72. The summed E-state index contributed by atoms with van der Waals surface area (Å²) in [6.07, 6.45) is -8.45. The van der Waals surface area contributed by atoms with Crippen LogP contribution in [0.3, 0.4) is 0 Å². The van der Waals surface area contributed by atoms with Crippen molar-refractivity contribution >= 4 is 5.91 Å². The first-order valence-electron chi connectivity index (χ1n) is 14.9. The van der Waals surface area contributed by atoms with Gasteiger partial charge >= 0.3 is 0 Å². The van der Waals surface area contributed by atoms with Gasteiger partial charge in [0, 0.05) is 43.1 Å². The summed E-state index contributed by atoms with van der Waals surface area (Å²) in [5, 5.41) is 48.2. The molecule has 16 N–H and O–H groups in total. The average molecular weight is 610 g/mol. The number of aliphatic hydroxyl groups excluding tert-OH is 4. The fraction of sp³-hybridized carbons (Fsp3) is 0.962. The van der Waals surface area contributed by atoms with Crippen molar-refractivity contribution in [2.75, 3.05) is 32.8 Å². The molecule has 15 nitrogen and oxygen atoms in total. The van der Waals surface area contributed by atoms with Gasteiger partial charge in [0.1, 0.15) is 18.4 Å². The minimum Gasteiger partial charge on any atom is -0.394 e. The van der Waals surface area contributed by atoms with Crippen molar-refractivity contribution in [1.29, 1.82) is 0 Å². The highest BCUT2D eigenvalue weighted by Gasteiger charge is 2.53. The molecule has 15 atom stereocenters. The molecule has 3 rings (SSSR count). The SMILES string of the molecule is C[C@H]1[C@@H](O[C@H]2[C@H](NC(=O)C(O)C(F)CN)C[C@H](N)C([C@H]3O[C@H](CN)CC[C@H]3NCCCN)[C@@H]2O)O[C@H](CO)[C@@H](O)[C@@H]1N. The Bertz CT molecular complexity index is 836. The van der Waals surface area contributed by atoms with Crippen molar-refractivity contribution in [3.63, 3.8) is 0 Å². The maximum Gasteiger partial charge on any atom is 0.252 e. The van der Waals surface area contributed by atoms with Crippen LogP contribution in [0.1, 0.15) is 32.6 Å². The molecule has 1 saturated carbocycles. The normalized spacial score (nSPS) is 42.6. The molecule has 0 aromatic rings. The zero-order valence-electron chi connectivity index (χ0n) is 24.2. The van der Waals surface area contributed by atoms with Gasteiger partial charge in [0.25, 0.3) is 5.91 Å². The monoisotopic (exact) mass is 609 g/mol. The summed E-state index contributed by atoms with van der Waals surface area (Å²) in [4.78, 5) is 12.8. The number of hydrogen-bond donors (Lipinski definition) is 11. The van der Waals surface area contributed by atoms with Crippen molar-refractivity contribution in [2.24, 2.45) is 40.5 Å². The van der Waals surface area contributed by atoms with Gasteiger partial charge in [0.2, 0.25) is 0 Å². The summed E-state index contributed by atoms with van der Waals surface area (Å²) >= 11 is 0. The summed E-state index contributed by atoms with van der Waals surface area (Å²) < 4.78 is 32.5. The zero-order valence-corrected chi connectivity index (χ0v) is 24.2. The van der Waals surface area contributed by atoms with E-state index in [-0.39, 0.29) is 25.1 Å². The number of aliphatic hydroxyl groups is 4. The molecule has 0 radical (unpaired) electrons. The summed E-state index contributed by atoms with van der Waals surface area (Å²) in [6, 6.07) is -2.70. The molecule has 0 spiro atoms. The standard InChI is InChI=1S/C26H52FN7O8/c1-11-19(32)21(37)17(10-35)41-26(11)42-24-16(34-25(39)20(36)13(27)9-30)7-14(31)18(22(24)38)23-15(33-6-2-5-28)4-3-12(8-29)40-23/h11-24,26,33,35-38H,2-10,28-32H2,1H3,(H,34,39)/t11-,12+,13?,14+,15-,16-,17-,18?,19-,20?,21-,22+,23+,24+,26-/m1/s1. The molecule has 3 unspecified atom stereocenters. The average Bonchev–Trinajstić information content (AvgIpc) is 2.98. The Morgan fingerprint density at radius 2 is 1.83 bits per heavy atom. The highest BCUT2D eigenvalue weighted by Crippen LogP contribution is 2.37. The molecule has 0 bridgehead atoms. The number of carbonyl (C=O) groups is 1. The molecule has 16 heteroatoms. The fourth-order valence-electron chi connectivity index (χ4n) is 6.24.